The quantitative estimate of drug-likeness (QED) is 0.656. The number of likely N-dealkylation sites (tertiary alicyclic amines) is 1. The zero-order chi connectivity index (χ0) is 21.6. The first-order valence-corrected chi connectivity index (χ1v) is 12.1. The SMILES string of the molecule is CCOC(=O)C1CCCN(CC(=O)Nc2ccc(S(=O)(=O)N3CCCCC3)cc2)C1. The van der Waals surface area contributed by atoms with Gasteiger partial charge >= 0.3 is 5.97 Å². The zero-order valence-electron chi connectivity index (χ0n) is 17.5. The summed E-state index contributed by atoms with van der Waals surface area (Å²) >= 11 is 0. The van der Waals surface area contributed by atoms with Gasteiger partial charge < -0.3 is 10.1 Å². The lowest BCUT2D eigenvalue weighted by Gasteiger charge is -2.30. The molecule has 0 spiro atoms. The topological polar surface area (TPSA) is 96.0 Å². The van der Waals surface area contributed by atoms with Crippen LogP contribution in [0.3, 0.4) is 0 Å². The first kappa shape index (κ1) is 22.7. The van der Waals surface area contributed by atoms with Crippen LogP contribution in [0, 0.1) is 5.92 Å². The van der Waals surface area contributed by atoms with Crippen LogP contribution in [0.2, 0.25) is 0 Å². The molecule has 1 aromatic carbocycles. The van der Waals surface area contributed by atoms with E-state index >= 15 is 0 Å². The van der Waals surface area contributed by atoms with Crippen molar-refractivity contribution in [2.45, 2.75) is 43.9 Å². The molecule has 166 valence electrons. The van der Waals surface area contributed by atoms with E-state index in [9.17, 15) is 18.0 Å². The first-order chi connectivity index (χ1) is 14.4. The summed E-state index contributed by atoms with van der Waals surface area (Å²) < 4.78 is 32.0. The number of amides is 1. The minimum Gasteiger partial charge on any atom is -0.466 e. The highest BCUT2D eigenvalue weighted by molar-refractivity contribution is 7.89. The standard InChI is InChI=1S/C21H31N3O5S/c1-2-29-21(26)17-7-6-12-23(15-17)16-20(25)22-18-8-10-19(11-9-18)30(27,28)24-13-4-3-5-14-24/h8-11,17H,2-7,12-16H2,1H3,(H,22,25). The van der Waals surface area contributed by atoms with E-state index < -0.39 is 10.0 Å². The van der Waals surface area contributed by atoms with Gasteiger partial charge in [-0.1, -0.05) is 6.42 Å². The highest BCUT2D eigenvalue weighted by atomic mass is 32.2. The van der Waals surface area contributed by atoms with Crippen molar-refractivity contribution in [3.05, 3.63) is 24.3 Å². The molecule has 2 fully saturated rings. The molecular weight excluding hydrogens is 406 g/mol. The molecule has 1 N–H and O–H groups in total. The average Bonchev–Trinajstić information content (AvgIpc) is 2.75. The van der Waals surface area contributed by atoms with Crippen LogP contribution in [-0.4, -0.2) is 68.8 Å². The number of ether oxygens (including phenoxy) is 1. The molecule has 8 nitrogen and oxygen atoms in total. The number of carbonyl (C=O) groups excluding carboxylic acids is 2. The third-order valence-corrected chi connectivity index (χ3v) is 7.50. The molecule has 9 heteroatoms. The maximum Gasteiger partial charge on any atom is 0.310 e. The Balaban J connectivity index is 1.54. The summed E-state index contributed by atoms with van der Waals surface area (Å²) in [4.78, 5) is 26.6. The average molecular weight is 438 g/mol. The van der Waals surface area contributed by atoms with Crippen molar-refractivity contribution in [3.8, 4) is 0 Å². The van der Waals surface area contributed by atoms with Crippen LogP contribution >= 0.6 is 0 Å². The summed E-state index contributed by atoms with van der Waals surface area (Å²) in [5.74, 6) is -0.579. The van der Waals surface area contributed by atoms with Crippen molar-refractivity contribution in [3.63, 3.8) is 0 Å². The zero-order valence-corrected chi connectivity index (χ0v) is 18.3. The third kappa shape index (κ3) is 5.80. The minimum atomic E-state index is -3.48. The Morgan fingerprint density at radius 2 is 1.77 bits per heavy atom. The molecule has 1 atom stereocenters. The van der Waals surface area contributed by atoms with Crippen molar-refractivity contribution in [1.29, 1.82) is 0 Å². The lowest BCUT2D eigenvalue weighted by atomic mass is 9.98. The van der Waals surface area contributed by atoms with E-state index in [1.807, 2.05) is 4.90 Å². The van der Waals surface area contributed by atoms with Gasteiger partial charge in [0.1, 0.15) is 0 Å². The molecule has 3 rings (SSSR count). The second-order valence-electron chi connectivity index (χ2n) is 7.86. The molecule has 0 bridgehead atoms. The summed E-state index contributed by atoms with van der Waals surface area (Å²) in [5, 5.41) is 2.81. The van der Waals surface area contributed by atoms with E-state index in [0.29, 0.717) is 31.9 Å². The second kappa shape index (κ2) is 10.4. The fourth-order valence-corrected chi connectivity index (χ4v) is 5.54. The van der Waals surface area contributed by atoms with E-state index in [1.165, 1.54) is 16.4 Å². The Morgan fingerprint density at radius 1 is 1.07 bits per heavy atom. The molecule has 0 radical (unpaired) electrons. The number of hydrogen-bond donors (Lipinski definition) is 1. The van der Waals surface area contributed by atoms with E-state index in [4.69, 9.17) is 4.74 Å². The maximum atomic E-state index is 12.7. The van der Waals surface area contributed by atoms with Crippen molar-refractivity contribution in [1.82, 2.24) is 9.21 Å². The molecule has 2 heterocycles. The molecule has 0 aliphatic carbocycles. The van der Waals surface area contributed by atoms with Crippen molar-refractivity contribution >= 4 is 27.6 Å². The summed E-state index contributed by atoms with van der Waals surface area (Å²) in [6.45, 7) is 4.72. The molecule has 30 heavy (non-hydrogen) atoms. The fraction of sp³-hybridized carbons (Fsp3) is 0.619. The highest BCUT2D eigenvalue weighted by Gasteiger charge is 2.28. The summed E-state index contributed by atoms with van der Waals surface area (Å²) in [6.07, 6.45) is 4.47. The number of esters is 1. The number of carbonyl (C=O) groups is 2. The van der Waals surface area contributed by atoms with E-state index in [-0.39, 0.29) is 29.2 Å². The number of rotatable bonds is 7. The number of nitrogens with zero attached hydrogens (tertiary/aromatic N) is 2. The monoisotopic (exact) mass is 437 g/mol. The predicted molar refractivity (Wildman–Crippen MR) is 113 cm³/mol. The van der Waals surface area contributed by atoms with Gasteiger partial charge in [-0.2, -0.15) is 4.31 Å². The minimum absolute atomic E-state index is 0.184. The molecule has 1 amide bonds. The molecule has 2 saturated heterocycles. The Hall–Kier alpha value is -1.97. The van der Waals surface area contributed by atoms with E-state index in [0.717, 1.165) is 38.6 Å². The van der Waals surface area contributed by atoms with E-state index in [2.05, 4.69) is 5.32 Å². The first-order valence-electron chi connectivity index (χ1n) is 10.7. The number of piperidine rings is 2. The number of nitrogens with one attached hydrogen (secondary N) is 1. The van der Waals surface area contributed by atoms with Gasteiger partial charge in [0, 0.05) is 25.3 Å². The highest BCUT2D eigenvalue weighted by Crippen LogP contribution is 2.22. The van der Waals surface area contributed by atoms with Crippen LogP contribution in [0.25, 0.3) is 0 Å². The normalized spacial score (nSPS) is 21.2. The van der Waals surface area contributed by atoms with Gasteiger partial charge in [0.25, 0.3) is 0 Å². The second-order valence-corrected chi connectivity index (χ2v) is 9.80. The molecule has 2 aliphatic rings. The largest absolute Gasteiger partial charge is 0.466 e. The van der Waals surface area contributed by atoms with Gasteiger partial charge in [-0.15, -0.1) is 0 Å². The van der Waals surface area contributed by atoms with Gasteiger partial charge in [0.05, 0.1) is 24.0 Å². The van der Waals surface area contributed by atoms with Crippen LogP contribution < -0.4 is 5.32 Å². The van der Waals surface area contributed by atoms with Crippen LogP contribution in [0.4, 0.5) is 5.69 Å². The molecular formula is C21H31N3O5S. The Kier molecular flexibility index (Phi) is 7.85. The van der Waals surface area contributed by atoms with Gasteiger partial charge in [-0.3, -0.25) is 14.5 Å². The van der Waals surface area contributed by atoms with Crippen molar-refractivity contribution < 1.29 is 22.7 Å². The van der Waals surface area contributed by atoms with Crippen LogP contribution in [0.5, 0.6) is 0 Å². The molecule has 1 aromatic rings. The number of anilines is 1. The fourth-order valence-electron chi connectivity index (χ4n) is 4.02. The van der Waals surface area contributed by atoms with E-state index in [1.54, 1.807) is 19.1 Å². The van der Waals surface area contributed by atoms with Crippen molar-refractivity contribution in [2.24, 2.45) is 5.92 Å². The predicted octanol–water partition coefficient (Wildman–Crippen LogP) is 2.07. The smallest absolute Gasteiger partial charge is 0.310 e. The van der Waals surface area contributed by atoms with Gasteiger partial charge in [-0.25, -0.2) is 8.42 Å². The summed E-state index contributed by atoms with van der Waals surface area (Å²) in [6, 6.07) is 6.31. The van der Waals surface area contributed by atoms with Crippen LogP contribution in [0.15, 0.2) is 29.2 Å². The van der Waals surface area contributed by atoms with Gasteiger partial charge in [-0.05, 0) is 63.4 Å². The number of hydrogen-bond acceptors (Lipinski definition) is 6. The lowest BCUT2D eigenvalue weighted by Crippen LogP contribution is -2.43. The Labute approximate surface area is 178 Å². The number of sulfonamides is 1. The Bertz CT molecular complexity index is 835. The lowest BCUT2D eigenvalue weighted by molar-refractivity contribution is -0.150. The van der Waals surface area contributed by atoms with Crippen LogP contribution in [-0.2, 0) is 24.3 Å². The summed E-state index contributed by atoms with van der Waals surface area (Å²) in [5.41, 5.74) is 0.552. The van der Waals surface area contributed by atoms with Gasteiger partial charge in [0.2, 0.25) is 15.9 Å². The molecule has 1 unspecified atom stereocenters. The molecule has 0 saturated carbocycles. The van der Waals surface area contributed by atoms with Gasteiger partial charge in [0.15, 0.2) is 0 Å². The van der Waals surface area contributed by atoms with Crippen molar-refractivity contribution in [2.75, 3.05) is 44.6 Å². The number of benzene rings is 1. The molecule has 2 aliphatic heterocycles. The maximum absolute atomic E-state index is 12.7. The van der Waals surface area contributed by atoms with Crippen LogP contribution in [0.1, 0.15) is 39.0 Å². The summed E-state index contributed by atoms with van der Waals surface area (Å²) in [7, 11) is -3.48. The molecule has 0 aromatic heterocycles. The third-order valence-electron chi connectivity index (χ3n) is 5.58. The Morgan fingerprint density at radius 3 is 2.43 bits per heavy atom.